The minimum atomic E-state index is -0.990. The number of hydrogen-bond donors (Lipinski definition) is 1. The van der Waals surface area contributed by atoms with Crippen molar-refractivity contribution in [1.29, 1.82) is 0 Å². The third kappa shape index (κ3) is 3.55. The highest BCUT2D eigenvalue weighted by atomic mass is 35.5. The Bertz CT molecular complexity index is 1070. The Morgan fingerprint density at radius 2 is 1.70 bits per heavy atom. The van der Waals surface area contributed by atoms with Crippen molar-refractivity contribution in [2.75, 3.05) is 16.8 Å². The molecule has 2 aromatic carbocycles. The molecule has 2 heterocycles. The Kier molecular flexibility index (Phi) is 5.04. The number of rotatable bonds is 5. The van der Waals surface area contributed by atoms with Gasteiger partial charge in [0.05, 0.1) is 5.69 Å². The minimum absolute atomic E-state index is 0.0777. The Labute approximate surface area is 176 Å². The molecule has 1 N–H and O–H groups in total. The van der Waals surface area contributed by atoms with E-state index in [4.69, 9.17) is 11.6 Å². The van der Waals surface area contributed by atoms with Gasteiger partial charge in [0, 0.05) is 16.3 Å². The number of carbonyl (C=O) groups excluding carboxylic acids is 4. The van der Waals surface area contributed by atoms with Gasteiger partial charge in [0.15, 0.2) is 17.9 Å². The molecule has 0 spiro atoms. The molecule has 1 fully saturated rings. The topological polar surface area (TPSA) is 112 Å². The second-order valence-corrected chi connectivity index (χ2v) is 7.30. The molecular weight excluding hydrogens is 410 g/mol. The molecule has 30 heavy (non-hydrogen) atoms. The van der Waals surface area contributed by atoms with E-state index >= 15 is 0 Å². The number of fused-ring (bicyclic) bond motifs is 1. The quantitative estimate of drug-likeness (QED) is 0.584. The summed E-state index contributed by atoms with van der Waals surface area (Å²) in [7, 11) is 0. The van der Waals surface area contributed by atoms with Crippen LogP contribution in [-0.2, 0) is 14.4 Å². The van der Waals surface area contributed by atoms with Crippen LogP contribution in [0.1, 0.15) is 17.3 Å². The van der Waals surface area contributed by atoms with E-state index in [9.17, 15) is 19.2 Å². The van der Waals surface area contributed by atoms with Gasteiger partial charge in [-0.1, -0.05) is 16.8 Å². The average Bonchev–Trinajstić information content (AvgIpc) is 3.23. The van der Waals surface area contributed by atoms with E-state index in [-0.39, 0.29) is 12.3 Å². The Morgan fingerprint density at radius 3 is 2.33 bits per heavy atom. The fraction of sp³-hybridized carbons (Fsp3) is 0.200. The fourth-order valence-electron chi connectivity index (χ4n) is 3.33. The molecule has 0 aliphatic carbocycles. The molecule has 10 heteroatoms. The van der Waals surface area contributed by atoms with E-state index in [0.717, 1.165) is 4.90 Å². The summed E-state index contributed by atoms with van der Waals surface area (Å²) in [6.45, 7) is 1.20. The highest BCUT2D eigenvalue weighted by Crippen LogP contribution is 2.32. The predicted molar refractivity (Wildman–Crippen MR) is 108 cm³/mol. The standard InChI is InChI=1S/C20H16ClN5O4/c1-11(27)12-2-6-14(7-3-12)22-16(28)10-25-18-17(23-24-25)19(29)26(20(18)30)15-8-4-13(21)5-9-15/h2-9,17-18H,10H2,1H3,(H,22,28)/t17-,18+/m1/s1. The summed E-state index contributed by atoms with van der Waals surface area (Å²) in [5.41, 5.74) is 1.41. The molecular formula is C20H16ClN5O4. The summed E-state index contributed by atoms with van der Waals surface area (Å²) < 4.78 is 0. The average molecular weight is 426 g/mol. The summed E-state index contributed by atoms with van der Waals surface area (Å²) in [6, 6.07) is 10.8. The lowest BCUT2D eigenvalue weighted by Crippen LogP contribution is -2.43. The first-order valence-corrected chi connectivity index (χ1v) is 9.44. The molecule has 0 radical (unpaired) electrons. The van der Waals surface area contributed by atoms with Crippen LogP contribution in [0, 0.1) is 0 Å². The number of nitrogens with one attached hydrogen (secondary N) is 1. The van der Waals surface area contributed by atoms with Gasteiger partial charge in [0.25, 0.3) is 11.8 Å². The highest BCUT2D eigenvalue weighted by molar-refractivity contribution is 6.31. The lowest BCUT2D eigenvalue weighted by atomic mass is 10.1. The Balaban J connectivity index is 1.45. The lowest BCUT2D eigenvalue weighted by molar-refractivity contribution is -0.123. The number of ketones is 1. The maximum atomic E-state index is 12.9. The fourth-order valence-corrected chi connectivity index (χ4v) is 3.46. The molecule has 0 unspecified atom stereocenters. The number of benzene rings is 2. The zero-order valence-electron chi connectivity index (χ0n) is 15.8. The van der Waals surface area contributed by atoms with E-state index in [1.54, 1.807) is 48.5 Å². The first kappa shape index (κ1) is 19.7. The van der Waals surface area contributed by atoms with Crippen molar-refractivity contribution < 1.29 is 19.2 Å². The van der Waals surface area contributed by atoms with E-state index < -0.39 is 29.8 Å². The second-order valence-electron chi connectivity index (χ2n) is 6.86. The molecule has 2 atom stereocenters. The van der Waals surface area contributed by atoms with Gasteiger partial charge < -0.3 is 5.32 Å². The molecule has 1 saturated heterocycles. The predicted octanol–water partition coefficient (Wildman–Crippen LogP) is 2.47. The van der Waals surface area contributed by atoms with Crippen molar-refractivity contribution in [3.63, 3.8) is 0 Å². The lowest BCUT2D eigenvalue weighted by Gasteiger charge is -2.20. The van der Waals surface area contributed by atoms with Gasteiger partial charge in [-0.05, 0) is 55.5 Å². The van der Waals surface area contributed by atoms with Crippen LogP contribution >= 0.6 is 11.6 Å². The van der Waals surface area contributed by atoms with Crippen molar-refractivity contribution in [3.05, 3.63) is 59.1 Å². The van der Waals surface area contributed by atoms with Crippen LogP contribution in [0.3, 0.4) is 0 Å². The van der Waals surface area contributed by atoms with Crippen molar-refractivity contribution in [1.82, 2.24) is 5.01 Å². The highest BCUT2D eigenvalue weighted by Gasteiger charge is 2.55. The zero-order chi connectivity index (χ0) is 21.4. The zero-order valence-corrected chi connectivity index (χ0v) is 16.5. The number of Topliss-reactive ketones (excluding diaryl/α,β-unsaturated/α-hetero) is 1. The van der Waals surface area contributed by atoms with Crippen LogP contribution in [0.2, 0.25) is 5.02 Å². The Hall–Kier alpha value is -3.59. The van der Waals surface area contributed by atoms with E-state index in [2.05, 4.69) is 15.7 Å². The number of hydrogen-bond acceptors (Lipinski definition) is 7. The van der Waals surface area contributed by atoms with Gasteiger partial charge in [-0.2, -0.15) is 5.11 Å². The van der Waals surface area contributed by atoms with E-state index in [1.165, 1.54) is 11.9 Å². The summed E-state index contributed by atoms with van der Waals surface area (Å²) >= 11 is 5.87. The molecule has 2 aromatic rings. The number of amides is 3. The maximum absolute atomic E-state index is 12.9. The second kappa shape index (κ2) is 7.68. The third-order valence-corrected chi connectivity index (χ3v) is 5.08. The SMILES string of the molecule is CC(=O)c1ccc(NC(=O)CN2N=N[C@H]3C(=O)N(c4ccc(Cl)cc4)C(=O)[C@H]32)cc1. The van der Waals surface area contributed by atoms with Crippen LogP contribution in [0.4, 0.5) is 11.4 Å². The van der Waals surface area contributed by atoms with Crippen LogP contribution in [0.25, 0.3) is 0 Å². The first-order chi connectivity index (χ1) is 14.3. The molecule has 2 aliphatic rings. The van der Waals surface area contributed by atoms with E-state index in [1.807, 2.05) is 0 Å². The van der Waals surface area contributed by atoms with Gasteiger partial charge in [0.1, 0.15) is 6.54 Å². The number of nitrogens with zero attached hydrogens (tertiary/aromatic N) is 4. The van der Waals surface area contributed by atoms with Gasteiger partial charge in [-0.3, -0.25) is 24.2 Å². The van der Waals surface area contributed by atoms with Crippen molar-refractivity contribution in [2.24, 2.45) is 10.3 Å². The van der Waals surface area contributed by atoms with Crippen LogP contribution in [0.5, 0.6) is 0 Å². The summed E-state index contributed by atoms with van der Waals surface area (Å²) in [5, 5.41) is 12.1. The molecule has 9 nitrogen and oxygen atoms in total. The molecule has 3 amide bonds. The van der Waals surface area contributed by atoms with Crippen LogP contribution < -0.4 is 10.2 Å². The molecule has 152 valence electrons. The molecule has 0 bridgehead atoms. The number of carbonyl (C=O) groups is 4. The summed E-state index contributed by atoms with van der Waals surface area (Å²) in [5.74, 6) is -1.52. The molecule has 2 aliphatic heterocycles. The molecule has 4 rings (SSSR count). The van der Waals surface area contributed by atoms with Crippen LogP contribution in [0.15, 0.2) is 58.9 Å². The summed E-state index contributed by atoms with van der Waals surface area (Å²) in [4.78, 5) is 50.3. The minimum Gasteiger partial charge on any atom is -0.324 e. The number of halogens is 1. The van der Waals surface area contributed by atoms with Gasteiger partial charge in [-0.15, -0.1) is 0 Å². The third-order valence-electron chi connectivity index (χ3n) is 4.82. The molecule has 0 aromatic heterocycles. The van der Waals surface area contributed by atoms with Gasteiger partial charge >= 0.3 is 0 Å². The van der Waals surface area contributed by atoms with Gasteiger partial charge in [-0.25, -0.2) is 4.90 Å². The van der Waals surface area contributed by atoms with Gasteiger partial charge in [0.2, 0.25) is 5.91 Å². The normalized spacial score (nSPS) is 19.9. The van der Waals surface area contributed by atoms with E-state index in [0.29, 0.717) is 22.0 Å². The monoisotopic (exact) mass is 425 g/mol. The number of anilines is 2. The van der Waals surface area contributed by atoms with Crippen molar-refractivity contribution >= 4 is 46.5 Å². The summed E-state index contributed by atoms with van der Waals surface area (Å²) in [6.07, 6.45) is 0. The number of imide groups is 1. The Morgan fingerprint density at radius 1 is 1.03 bits per heavy atom. The largest absolute Gasteiger partial charge is 0.324 e. The van der Waals surface area contributed by atoms with Crippen molar-refractivity contribution in [3.8, 4) is 0 Å². The smallest absolute Gasteiger partial charge is 0.263 e. The molecule has 0 saturated carbocycles. The van der Waals surface area contributed by atoms with Crippen LogP contribution in [-0.4, -0.2) is 47.1 Å². The first-order valence-electron chi connectivity index (χ1n) is 9.07. The van der Waals surface area contributed by atoms with Crippen molar-refractivity contribution in [2.45, 2.75) is 19.0 Å². The maximum Gasteiger partial charge on any atom is 0.263 e.